The summed E-state index contributed by atoms with van der Waals surface area (Å²) < 4.78 is 17.9. The van der Waals surface area contributed by atoms with Gasteiger partial charge in [-0.25, -0.2) is 4.39 Å². The van der Waals surface area contributed by atoms with E-state index in [0.717, 1.165) is 5.56 Å². The maximum Gasteiger partial charge on any atom is 0.323 e. The Hall–Kier alpha value is -2.44. The molecule has 7 heteroatoms. The van der Waals surface area contributed by atoms with Gasteiger partial charge in [0.1, 0.15) is 11.9 Å². The van der Waals surface area contributed by atoms with Crippen molar-refractivity contribution < 1.29 is 18.7 Å². The summed E-state index contributed by atoms with van der Waals surface area (Å²) in [5, 5.41) is 3.54. The highest BCUT2D eigenvalue weighted by atomic mass is 35.5. The number of hydrogen-bond acceptors (Lipinski definition) is 4. The lowest BCUT2D eigenvalue weighted by atomic mass is 10.1. The number of carbonyl (C=O) groups excluding carboxylic acids is 2. The second-order valence-corrected chi connectivity index (χ2v) is 6.95. The number of carbonyl (C=O) groups is 2. The fourth-order valence-corrected chi connectivity index (χ4v) is 3.52. The van der Waals surface area contributed by atoms with Crippen molar-refractivity contribution in [2.75, 3.05) is 13.7 Å². The number of benzene rings is 2. The molecule has 1 fully saturated rings. The Balaban J connectivity index is 1.69. The van der Waals surface area contributed by atoms with Crippen LogP contribution in [0.2, 0.25) is 5.02 Å². The van der Waals surface area contributed by atoms with Gasteiger partial charge in [0.2, 0.25) is 0 Å². The number of likely N-dealkylation sites (tertiary alicyclic amines) is 1. The number of nitrogens with zero attached hydrogens (tertiary/aromatic N) is 1. The first-order chi connectivity index (χ1) is 13.0. The van der Waals surface area contributed by atoms with Crippen LogP contribution < -0.4 is 5.32 Å². The largest absolute Gasteiger partial charge is 0.468 e. The molecular formula is C20H20ClFN2O3. The Kier molecular flexibility index (Phi) is 6.08. The molecule has 0 radical (unpaired) electrons. The first kappa shape index (κ1) is 19.3. The van der Waals surface area contributed by atoms with Gasteiger partial charge in [-0.3, -0.25) is 14.5 Å². The molecule has 142 valence electrons. The van der Waals surface area contributed by atoms with Gasteiger partial charge < -0.3 is 10.1 Å². The van der Waals surface area contributed by atoms with E-state index in [1.807, 2.05) is 23.1 Å². The minimum absolute atomic E-state index is 0.217. The maximum atomic E-state index is 13.0. The lowest BCUT2D eigenvalue weighted by Crippen LogP contribution is -2.37. The Bertz CT molecular complexity index is 828. The van der Waals surface area contributed by atoms with E-state index in [-0.39, 0.29) is 17.9 Å². The minimum Gasteiger partial charge on any atom is -0.468 e. The monoisotopic (exact) mass is 390 g/mol. The molecule has 1 saturated heterocycles. The van der Waals surface area contributed by atoms with Gasteiger partial charge in [0.05, 0.1) is 7.11 Å². The Morgan fingerprint density at radius 1 is 1.26 bits per heavy atom. The van der Waals surface area contributed by atoms with Crippen molar-refractivity contribution >= 4 is 23.5 Å². The van der Waals surface area contributed by atoms with E-state index in [1.54, 1.807) is 6.07 Å². The molecule has 1 heterocycles. The summed E-state index contributed by atoms with van der Waals surface area (Å²) in [6.07, 6.45) is 0.445. The number of esters is 1. The normalized spacial score (nSPS) is 19.7. The zero-order valence-corrected chi connectivity index (χ0v) is 15.6. The number of ether oxygens (including phenoxy) is 1. The molecule has 2 atom stereocenters. The number of hydrogen-bond donors (Lipinski definition) is 1. The van der Waals surface area contributed by atoms with Crippen LogP contribution in [0, 0.1) is 5.82 Å². The summed E-state index contributed by atoms with van der Waals surface area (Å²) in [5.41, 5.74) is 1.35. The Labute approximate surface area is 162 Å². The highest BCUT2D eigenvalue weighted by Crippen LogP contribution is 2.23. The summed E-state index contributed by atoms with van der Waals surface area (Å²) >= 11 is 6.04. The van der Waals surface area contributed by atoms with E-state index >= 15 is 0 Å². The van der Waals surface area contributed by atoms with Gasteiger partial charge in [0.25, 0.3) is 5.91 Å². The van der Waals surface area contributed by atoms with Crippen LogP contribution >= 0.6 is 11.6 Å². The number of amides is 1. The van der Waals surface area contributed by atoms with Gasteiger partial charge in [-0.15, -0.1) is 0 Å². The van der Waals surface area contributed by atoms with Crippen LogP contribution in [0.4, 0.5) is 4.39 Å². The third-order valence-electron chi connectivity index (χ3n) is 4.59. The first-order valence-electron chi connectivity index (χ1n) is 8.59. The highest BCUT2D eigenvalue weighted by molar-refractivity contribution is 6.30. The molecule has 0 unspecified atom stereocenters. The molecule has 1 aliphatic heterocycles. The van der Waals surface area contributed by atoms with E-state index in [9.17, 15) is 14.0 Å². The second kappa shape index (κ2) is 8.50. The van der Waals surface area contributed by atoms with Gasteiger partial charge in [-0.05, 0) is 48.4 Å². The average Bonchev–Trinajstić information content (AvgIpc) is 3.03. The topological polar surface area (TPSA) is 58.6 Å². The summed E-state index contributed by atoms with van der Waals surface area (Å²) in [6.45, 7) is 1.02. The van der Waals surface area contributed by atoms with Crippen molar-refractivity contribution in [3.63, 3.8) is 0 Å². The number of methoxy groups -OCH3 is 1. The van der Waals surface area contributed by atoms with E-state index in [2.05, 4.69) is 5.32 Å². The molecule has 5 nitrogen and oxygen atoms in total. The summed E-state index contributed by atoms with van der Waals surface area (Å²) in [7, 11) is 1.35. The van der Waals surface area contributed by atoms with Crippen LogP contribution in [0.5, 0.6) is 0 Å². The van der Waals surface area contributed by atoms with Crippen molar-refractivity contribution in [2.24, 2.45) is 0 Å². The molecule has 1 aliphatic rings. The molecule has 27 heavy (non-hydrogen) atoms. The van der Waals surface area contributed by atoms with Crippen molar-refractivity contribution in [1.82, 2.24) is 10.2 Å². The van der Waals surface area contributed by atoms with Gasteiger partial charge >= 0.3 is 5.97 Å². The average molecular weight is 391 g/mol. The van der Waals surface area contributed by atoms with Crippen LogP contribution in [0.1, 0.15) is 22.3 Å². The molecule has 0 spiro atoms. The zero-order chi connectivity index (χ0) is 19.4. The van der Waals surface area contributed by atoms with Crippen molar-refractivity contribution in [3.8, 4) is 0 Å². The quantitative estimate of drug-likeness (QED) is 0.797. The Morgan fingerprint density at radius 2 is 2.00 bits per heavy atom. The number of halogens is 2. The van der Waals surface area contributed by atoms with Gasteiger partial charge in [-0.1, -0.05) is 23.7 Å². The lowest BCUT2D eigenvalue weighted by molar-refractivity contribution is -0.146. The molecule has 2 aromatic rings. The summed E-state index contributed by atoms with van der Waals surface area (Å²) in [5.74, 6) is -1.03. The molecule has 0 aliphatic carbocycles. The first-order valence-corrected chi connectivity index (χ1v) is 8.97. The fourth-order valence-electron chi connectivity index (χ4n) is 3.30. The van der Waals surface area contributed by atoms with E-state index in [1.165, 1.54) is 31.4 Å². The zero-order valence-electron chi connectivity index (χ0n) is 14.8. The van der Waals surface area contributed by atoms with Crippen LogP contribution in [0.15, 0.2) is 48.5 Å². The molecular weight excluding hydrogens is 371 g/mol. The SMILES string of the molecule is COC(=O)[C@@H]1C[C@@H](NC(=O)c2ccc(F)cc2)CN1Cc1cccc(Cl)c1. The smallest absolute Gasteiger partial charge is 0.323 e. The lowest BCUT2D eigenvalue weighted by Gasteiger charge is -2.22. The maximum absolute atomic E-state index is 13.0. The Morgan fingerprint density at radius 3 is 2.67 bits per heavy atom. The van der Waals surface area contributed by atoms with Crippen LogP contribution in [-0.4, -0.2) is 42.5 Å². The van der Waals surface area contributed by atoms with Crippen LogP contribution in [0.25, 0.3) is 0 Å². The van der Waals surface area contributed by atoms with Gasteiger partial charge in [0.15, 0.2) is 0 Å². The second-order valence-electron chi connectivity index (χ2n) is 6.51. The molecule has 1 N–H and O–H groups in total. The molecule has 1 amide bonds. The van der Waals surface area contributed by atoms with E-state index in [0.29, 0.717) is 30.1 Å². The number of nitrogens with one attached hydrogen (secondary N) is 1. The minimum atomic E-state index is -0.451. The van der Waals surface area contributed by atoms with E-state index in [4.69, 9.17) is 16.3 Å². The molecule has 0 aromatic heterocycles. The predicted octanol–water partition coefficient (Wildman–Crippen LogP) is 3.03. The summed E-state index contributed by atoms with van der Waals surface area (Å²) in [6, 6.07) is 12.1. The third kappa shape index (κ3) is 4.84. The van der Waals surface area contributed by atoms with Crippen molar-refractivity contribution in [3.05, 3.63) is 70.5 Å². The molecule has 3 rings (SSSR count). The van der Waals surface area contributed by atoms with Gasteiger partial charge in [-0.2, -0.15) is 0 Å². The third-order valence-corrected chi connectivity index (χ3v) is 4.83. The highest BCUT2D eigenvalue weighted by Gasteiger charge is 2.38. The van der Waals surface area contributed by atoms with Crippen LogP contribution in [-0.2, 0) is 16.1 Å². The predicted molar refractivity (Wildman–Crippen MR) is 99.9 cm³/mol. The molecule has 2 aromatic carbocycles. The molecule has 0 bridgehead atoms. The van der Waals surface area contributed by atoms with Gasteiger partial charge in [0, 0.05) is 29.7 Å². The standard InChI is InChI=1S/C20H20ClFN2O3/c1-27-20(26)18-10-17(23-19(25)14-5-7-16(22)8-6-14)12-24(18)11-13-3-2-4-15(21)9-13/h2-9,17-18H,10-12H2,1H3,(H,23,25)/t17-,18+/m1/s1. The van der Waals surface area contributed by atoms with Crippen LogP contribution in [0.3, 0.4) is 0 Å². The number of rotatable bonds is 5. The van der Waals surface area contributed by atoms with Crippen molar-refractivity contribution in [2.45, 2.75) is 25.0 Å². The van der Waals surface area contributed by atoms with E-state index < -0.39 is 11.9 Å². The van der Waals surface area contributed by atoms with Crippen molar-refractivity contribution in [1.29, 1.82) is 0 Å². The summed E-state index contributed by atoms with van der Waals surface area (Å²) in [4.78, 5) is 26.5. The molecule has 0 saturated carbocycles. The fraction of sp³-hybridized carbons (Fsp3) is 0.300.